The molecule has 0 aromatic carbocycles. The van der Waals surface area contributed by atoms with Crippen LogP contribution in [-0.4, -0.2) is 59.5 Å². The summed E-state index contributed by atoms with van der Waals surface area (Å²) in [5.74, 6) is -1.72. The van der Waals surface area contributed by atoms with Crippen LogP contribution in [0.25, 0.3) is 0 Å². The predicted octanol–water partition coefficient (Wildman–Crippen LogP) is -1.21. The topological polar surface area (TPSA) is 98.7 Å². The summed E-state index contributed by atoms with van der Waals surface area (Å²) in [7, 11) is 0. The van der Waals surface area contributed by atoms with Crippen molar-refractivity contribution in [3.05, 3.63) is 0 Å². The van der Waals surface area contributed by atoms with Crippen LogP contribution in [0.5, 0.6) is 0 Å². The Morgan fingerprint density at radius 3 is 2.74 bits per heavy atom. The highest BCUT2D eigenvalue weighted by atomic mass is 16.4. The third kappa shape index (κ3) is 2.86. The first-order valence-electron chi connectivity index (χ1n) is 6.54. The molecule has 0 bridgehead atoms. The molecule has 2 aliphatic heterocycles. The lowest BCUT2D eigenvalue weighted by atomic mass is 9.98. The van der Waals surface area contributed by atoms with Crippen LogP contribution in [0.15, 0.2) is 0 Å². The molecule has 3 unspecified atom stereocenters. The Labute approximate surface area is 111 Å². The molecule has 2 rings (SSSR count). The Bertz CT molecular complexity index is 398. The molecule has 2 saturated heterocycles. The minimum atomic E-state index is -1.07. The molecule has 0 aromatic rings. The van der Waals surface area contributed by atoms with Crippen molar-refractivity contribution in [2.75, 3.05) is 19.6 Å². The summed E-state index contributed by atoms with van der Waals surface area (Å²) in [6.07, 6.45) is 0.393. The van der Waals surface area contributed by atoms with Gasteiger partial charge in [0.1, 0.15) is 6.04 Å². The maximum absolute atomic E-state index is 12.5. The van der Waals surface area contributed by atoms with Gasteiger partial charge < -0.3 is 20.6 Å². The molecule has 2 fully saturated rings. The van der Waals surface area contributed by atoms with Crippen LogP contribution >= 0.6 is 0 Å². The van der Waals surface area contributed by atoms with E-state index in [-0.39, 0.29) is 30.2 Å². The van der Waals surface area contributed by atoms with E-state index in [1.165, 1.54) is 4.90 Å². The van der Waals surface area contributed by atoms with Gasteiger partial charge in [-0.25, -0.2) is 0 Å². The van der Waals surface area contributed by atoms with Crippen molar-refractivity contribution >= 4 is 17.8 Å². The van der Waals surface area contributed by atoms with E-state index in [9.17, 15) is 14.4 Å². The number of aliphatic carboxylic acids is 1. The predicted molar refractivity (Wildman–Crippen MR) is 66.3 cm³/mol. The fourth-order valence-corrected chi connectivity index (χ4v) is 2.76. The van der Waals surface area contributed by atoms with Gasteiger partial charge in [-0.15, -0.1) is 0 Å². The van der Waals surface area contributed by atoms with Crippen molar-refractivity contribution in [1.82, 2.24) is 15.5 Å². The van der Waals surface area contributed by atoms with Gasteiger partial charge in [-0.2, -0.15) is 0 Å². The highest BCUT2D eigenvalue weighted by Gasteiger charge is 2.40. The highest BCUT2D eigenvalue weighted by molar-refractivity contribution is 5.92. The van der Waals surface area contributed by atoms with E-state index < -0.39 is 12.0 Å². The lowest BCUT2D eigenvalue weighted by molar-refractivity contribution is -0.150. The van der Waals surface area contributed by atoms with Crippen LogP contribution in [0, 0.1) is 5.92 Å². The SMILES string of the molecule is CC1NCCC1C(=O)N1CCNC(=O)C1CC(=O)O. The molecular weight excluding hydrogens is 250 g/mol. The van der Waals surface area contributed by atoms with Gasteiger partial charge in [-0.05, 0) is 19.9 Å². The van der Waals surface area contributed by atoms with Gasteiger partial charge in [0.2, 0.25) is 11.8 Å². The maximum Gasteiger partial charge on any atom is 0.305 e. The first kappa shape index (κ1) is 13.8. The molecule has 2 aliphatic rings. The quantitative estimate of drug-likeness (QED) is 0.597. The number of carbonyl (C=O) groups is 3. The van der Waals surface area contributed by atoms with Crippen LogP contribution < -0.4 is 10.6 Å². The van der Waals surface area contributed by atoms with Crippen LogP contribution in [0.4, 0.5) is 0 Å². The number of rotatable bonds is 3. The Hall–Kier alpha value is -1.63. The normalized spacial score (nSPS) is 31.1. The van der Waals surface area contributed by atoms with E-state index in [1.54, 1.807) is 0 Å². The number of piperazine rings is 1. The molecule has 19 heavy (non-hydrogen) atoms. The Balaban J connectivity index is 2.12. The summed E-state index contributed by atoms with van der Waals surface area (Å²) in [6.45, 7) is 3.48. The molecule has 2 amide bonds. The Morgan fingerprint density at radius 2 is 2.16 bits per heavy atom. The van der Waals surface area contributed by atoms with Gasteiger partial charge in [0.05, 0.1) is 12.3 Å². The molecule has 2 heterocycles. The number of nitrogens with one attached hydrogen (secondary N) is 2. The van der Waals surface area contributed by atoms with E-state index in [0.29, 0.717) is 13.1 Å². The first-order chi connectivity index (χ1) is 9.00. The standard InChI is InChI=1S/C12H19N3O4/c1-7-8(2-3-13-7)12(19)15-5-4-14-11(18)9(15)6-10(16)17/h7-9,13H,2-6H2,1H3,(H,14,18)(H,16,17). The summed E-state index contributed by atoms with van der Waals surface area (Å²) in [5.41, 5.74) is 0. The van der Waals surface area contributed by atoms with Gasteiger partial charge in [0.25, 0.3) is 0 Å². The van der Waals surface area contributed by atoms with Crippen molar-refractivity contribution in [3.63, 3.8) is 0 Å². The maximum atomic E-state index is 12.5. The second-order valence-electron chi connectivity index (χ2n) is 5.07. The number of carboxylic acids is 1. The number of carbonyl (C=O) groups excluding carboxylic acids is 2. The Kier molecular flexibility index (Phi) is 4.04. The lowest BCUT2D eigenvalue weighted by Gasteiger charge is -2.36. The Morgan fingerprint density at radius 1 is 1.42 bits per heavy atom. The average molecular weight is 269 g/mol. The number of nitrogens with zero attached hydrogens (tertiary/aromatic N) is 1. The largest absolute Gasteiger partial charge is 0.481 e. The highest BCUT2D eigenvalue weighted by Crippen LogP contribution is 2.21. The molecule has 7 nitrogen and oxygen atoms in total. The fraction of sp³-hybridized carbons (Fsp3) is 0.750. The van der Waals surface area contributed by atoms with Crippen molar-refractivity contribution < 1.29 is 19.5 Å². The minimum absolute atomic E-state index is 0.0722. The van der Waals surface area contributed by atoms with Crippen LogP contribution in [0.3, 0.4) is 0 Å². The third-order valence-electron chi connectivity index (χ3n) is 3.82. The van der Waals surface area contributed by atoms with Gasteiger partial charge in [0.15, 0.2) is 0 Å². The van der Waals surface area contributed by atoms with Gasteiger partial charge >= 0.3 is 5.97 Å². The molecule has 3 N–H and O–H groups in total. The smallest absolute Gasteiger partial charge is 0.305 e. The molecule has 106 valence electrons. The zero-order chi connectivity index (χ0) is 14.0. The van der Waals surface area contributed by atoms with Crippen molar-refractivity contribution in [2.24, 2.45) is 5.92 Å². The van der Waals surface area contributed by atoms with Gasteiger partial charge in [-0.3, -0.25) is 14.4 Å². The molecule has 7 heteroatoms. The lowest BCUT2D eigenvalue weighted by Crippen LogP contribution is -2.59. The number of carboxylic acid groups (broad SMARTS) is 1. The molecule has 0 aliphatic carbocycles. The van der Waals surface area contributed by atoms with Crippen molar-refractivity contribution in [3.8, 4) is 0 Å². The molecule has 0 aromatic heterocycles. The molecule has 0 saturated carbocycles. The van der Waals surface area contributed by atoms with Crippen LogP contribution in [-0.2, 0) is 14.4 Å². The summed E-state index contributed by atoms with van der Waals surface area (Å²) in [5, 5.41) is 14.7. The van der Waals surface area contributed by atoms with Gasteiger partial charge in [-0.1, -0.05) is 0 Å². The monoisotopic (exact) mass is 269 g/mol. The van der Waals surface area contributed by atoms with Crippen molar-refractivity contribution in [1.29, 1.82) is 0 Å². The summed E-state index contributed by atoms with van der Waals surface area (Å²) >= 11 is 0. The van der Waals surface area contributed by atoms with Crippen LogP contribution in [0.2, 0.25) is 0 Å². The van der Waals surface area contributed by atoms with E-state index in [1.807, 2.05) is 6.92 Å². The second-order valence-corrected chi connectivity index (χ2v) is 5.07. The van der Waals surface area contributed by atoms with E-state index in [2.05, 4.69) is 10.6 Å². The second kappa shape index (κ2) is 5.56. The van der Waals surface area contributed by atoms with E-state index in [4.69, 9.17) is 5.11 Å². The minimum Gasteiger partial charge on any atom is -0.481 e. The number of amides is 2. The number of hydrogen-bond donors (Lipinski definition) is 3. The van der Waals surface area contributed by atoms with Crippen LogP contribution in [0.1, 0.15) is 19.8 Å². The average Bonchev–Trinajstić information content (AvgIpc) is 2.77. The summed E-state index contributed by atoms with van der Waals surface area (Å²) < 4.78 is 0. The molecule has 0 radical (unpaired) electrons. The number of hydrogen-bond acceptors (Lipinski definition) is 4. The third-order valence-corrected chi connectivity index (χ3v) is 3.82. The fourth-order valence-electron chi connectivity index (χ4n) is 2.76. The zero-order valence-electron chi connectivity index (χ0n) is 10.9. The first-order valence-corrected chi connectivity index (χ1v) is 6.54. The van der Waals surface area contributed by atoms with E-state index in [0.717, 1.165) is 13.0 Å². The summed E-state index contributed by atoms with van der Waals surface area (Å²) in [6, 6.07) is -0.811. The van der Waals surface area contributed by atoms with Crippen molar-refractivity contribution in [2.45, 2.75) is 31.8 Å². The summed E-state index contributed by atoms with van der Waals surface area (Å²) in [4.78, 5) is 36.5. The van der Waals surface area contributed by atoms with E-state index >= 15 is 0 Å². The molecular formula is C12H19N3O4. The zero-order valence-corrected chi connectivity index (χ0v) is 10.9. The molecule has 3 atom stereocenters. The van der Waals surface area contributed by atoms with Gasteiger partial charge in [0, 0.05) is 19.1 Å². The molecule has 0 spiro atoms.